The van der Waals surface area contributed by atoms with Crippen LogP contribution >= 0.6 is 11.6 Å². The number of nitrogens with zero attached hydrogens (tertiary/aromatic N) is 1. The fraction of sp³-hybridized carbons (Fsp3) is 0.423. The van der Waals surface area contributed by atoms with E-state index in [-0.39, 0.29) is 29.7 Å². The minimum atomic E-state index is -0.242. The Hall–Kier alpha value is -2.86. The minimum Gasteiger partial charge on any atom is -0.353 e. The highest BCUT2D eigenvalue weighted by atomic mass is 35.5. The van der Waals surface area contributed by atoms with Crippen LogP contribution in [0, 0.1) is 5.92 Å². The topological polar surface area (TPSA) is 78.5 Å². The summed E-state index contributed by atoms with van der Waals surface area (Å²) in [5, 5.41) is 6.60. The second-order valence-electron chi connectivity index (χ2n) is 8.97. The monoisotopic (exact) mass is 467 g/mol. The lowest BCUT2D eigenvalue weighted by Gasteiger charge is -2.33. The maximum Gasteiger partial charge on any atom is 0.255 e. The van der Waals surface area contributed by atoms with E-state index in [2.05, 4.69) is 10.6 Å². The van der Waals surface area contributed by atoms with Gasteiger partial charge < -0.3 is 15.5 Å². The molecule has 0 radical (unpaired) electrons. The van der Waals surface area contributed by atoms with Gasteiger partial charge in [-0.15, -0.1) is 0 Å². The maximum absolute atomic E-state index is 13.0. The van der Waals surface area contributed by atoms with Crippen LogP contribution in [0.15, 0.2) is 48.5 Å². The molecule has 1 saturated carbocycles. The van der Waals surface area contributed by atoms with Crippen molar-refractivity contribution < 1.29 is 14.4 Å². The van der Waals surface area contributed by atoms with E-state index in [1.165, 1.54) is 19.3 Å². The molecular formula is C26H30ClN3O3. The number of nitrogens with one attached hydrogen (secondary N) is 2. The van der Waals surface area contributed by atoms with E-state index in [0.717, 1.165) is 25.7 Å². The Balaban J connectivity index is 1.32. The van der Waals surface area contributed by atoms with E-state index in [1.807, 2.05) is 0 Å². The second-order valence-corrected chi connectivity index (χ2v) is 9.41. The van der Waals surface area contributed by atoms with Gasteiger partial charge in [0.15, 0.2) is 0 Å². The van der Waals surface area contributed by atoms with E-state index >= 15 is 0 Å². The first-order valence-electron chi connectivity index (χ1n) is 11.8. The van der Waals surface area contributed by atoms with Crippen LogP contribution in [0.5, 0.6) is 0 Å². The van der Waals surface area contributed by atoms with Gasteiger partial charge in [-0.05, 0) is 74.2 Å². The minimum absolute atomic E-state index is 0.0826. The average molecular weight is 468 g/mol. The number of piperidine rings is 1. The van der Waals surface area contributed by atoms with Crippen LogP contribution in [0.1, 0.15) is 65.7 Å². The molecule has 1 heterocycles. The molecule has 174 valence electrons. The van der Waals surface area contributed by atoms with E-state index in [9.17, 15) is 14.4 Å². The zero-order valence-electron chi connectivity index (χ0n) is 18.7. The summed E-state index contributed by atoms with van der Waals surface area (Å²) in [4.78, 5) is 39.9. The lowest BCUT2D eigenvalue weighted by Crippen LogP contribution is -2.47. The van der Waals surface area contributed by atoms with Crippen LogP contribution in [0.25, 0.3) is 0 Å². The standard InChI is InChI=1S/C26H30ClN3O3/c27-21-12-8-18(9-13-21)24(31)29-23-14-10-19(11-15-23)26(33)30-16-4-5-20(17-30)25(32)28-22-6-2-1-3-7-22/h8-15,20,22H,1-7,16-17H2,(H,28,32)(H,29,31)/t20-/m1/s1. The summed E-state index contributed by atoms with van der Waals surface area (Å²) in [6.45, 7) is 1.10. The average Bonchev–Trinajstić information content (AvgIpc) is 2.85. The maximum atomic E-state index is 13.0. The first-order valence-corrected chi connectivity index (χ1v) is 12.1. The number of amides is 3. The molecule has 2 aromatic carbocycles. The smallest absolute Gasteiger partial charge is 0.255 e. The lowest BCUT2D eigenvalue weighted by molar-refractivity contribution is -0.127. The molecule has 1 aliphatic heterocycles. The first kappa shape index (κ1) is 23.3. The van der Waals surface area contributed by atoms with Crippen LogP contribution in [-0.4, -0.2) is 41.8 Å². The zero-order chi connectivity index (χ0) is 23.2. The van der Waals surface area contributed by atoms with Crippen molar-refractivity contribution in [2.24, 2.45) is 5.92 Å². The highest BCUT2D eigenvalue weighted by Gasteiger charge is 2.30. The molecule has 2 N–H and O–H groups in total. The Morgan fingerprint density at radius 2 is 1.48 bits per heavy atom. The van der Waals surface area contributed by atoms with Gasteiger partial charge in [0, 0.05) is 41.0 Å². The Bertz CT molecular complexity index is 985. The fourth-order valence-corrected chi connectivity index (χ4v) is 4.75. The molecule has 2 fully saturated rings. The van der Waals surface area contributed by atoms with Gasteiger partial charge in [0.2, 0.25) is 5.91 Å². The summed E-state index contributed by atoms with van der Waals surface area (Å²) in [6.07, 6.45) is 7.36. The van der Waals surface area contributed by atoms with Crippen molar-refractivity contribution in [1.29, 1.82) is 0 Å². The van der Waals surface area contributed by atoms with E-state index in [4.69, 9.17) is 11.6 Å². The highest BCUT2D eigenvalue weighted by molar-refractivity contribution is 6.30. The summed E-state index contributed by atoms with van der Waals surface area (Å²) in [5.41, 5.74) is 1.66. The highest BCUT2D eigenvalue weighted by Crippen LogP contribution is 2.22. The predicted molar refractivity (Wildman–Crippen MR) is 129 cm³/mol. The van der Waals surface area contributed by atoms with Gasteiger partial charge in [-0.3, -0.25) is 14.4 Å². The summed E-state index contributed by atoms with van der Waals surface area (Å²) >= 11 is 5.87. The number of halogens is 1. The molecule has 7 heteroatoms. The molecule has 2 aliphatic rings. The number of carbonyl (C=O) groups is 3. The quantitative estimate of drug-likeness (QED) is 0.656. The normalized spacial score (nSPS) is 19.1. The number of carbonyl (C=O) groups excluding carboxylic acids is 3. The van der Waals surface area contributed by atoms with Crippen LogP contribution in [-0.2, 0) is 4.79 Å². The van der Waals surface area contributed by atoms with Gasteiger partial charge in [-0.2, -0.15) is 0 Å². The largest absolute Gasteiger partial charge is 0.353 e. The van der Waals surface area contributed by atoms with Crippen molar-refractivity contribution in [2.75, 3.05) is 18.4 Å². The predicted octanol–water partition coefficient (Wildman–Crippen LogP) is 4.89. The number of hydrogen-bond donors (Lipinski definition) is 2. The first-order chi connectivity index (χ1) is 16.0. The van der Waals surface area contributed by atoms with Gasteiger partial charge in [0.25, 0.3) is 11.8 Å². The Labute approximate surface area is 199 Å². The number of likely N-dealkylation sites (tertiary alicyclic amines) is 1. The second kappa shape index (κ2) is 10.8. The van der Waals surface area contributed by atoms with Gasteiger partial charge in [-0.25, -0.2) is 0 Å². The molecule has 0 spiro atoms. The molecule has 0 aromatic heterocycles. The molecule has 0 unspecified atom stereocenters. The van der Waals surface area contributed by atoms with Crippen molar-refractivity contribution in [1.82, 2.24) is 10.2 Å². The molecule has 3 amide bonds. The summed E-state index contributed by atoms with van der Waals surface area (Å²) in [7, 11) is 0. The molecule has 1 saturated heterocycles. The molecule has 2 aromatic rings. The van der Waals surface area contributed by atoms with Gasteiger partial charge >= 0.3 is 0 Å². The summed E-state index contributed by atoms with van der Waals surface area (Å²) in [5.74, 6) is -0.392. The number of anilines is 1. The molecule has 1 atom stereocenters. The van der Waals surface area contributed by atoms with Gasteiger partial charge in [0.1, 0.15) is 0 Å². The van der Waals surface area contributed by atoms with Gasteiger partial charge in [-0.1, -0.05) is 30.9 Å². The fourth-order valence-electron chi connectivity index (χ4n) is 4.62. The number of benzene rings is 2. The van der Waals surface area contributed by atoms with Crippen LogP contribution in [0.3, 0.4) is 0 Å². The van der Waals surface area contributed by atoms with Crippen molar-refractivity contribution in [3.63, 3.8) is 0 Å². The van der Waals surface area contributed by atoms with Crippen LogP contribution in [0.4, 0.5) is 5.69 Å². The van der Waals surface area contributed by atoms with Crippen molar-refractivity contribution in [3.05, 3.63) is 64.7 Å². The van der Waals surface area contributed by atoms with Crippen molar-refractivity contribution in [3.8, 4) is 0 Å². The van der Waals surface area contributed by atoms with Crippen LogP contribution < -0.4 is 10.6 Å². The van der Waals surface area contributed by atoms with Crippen LogP contribution in [0.2, 0.25) is 5.02 Å². The number of rotatable bonds is 5. The molecular weight excluding hydrogens is 438 g/mol. The third-order valence-corrected chi connectivity index (χ3v) is 6.78. The molecule has 1 aliphatic carbocycles. The molecule has 0 bridgehead atoms. The third-order valence-electron chi connectivity index (χ3n) is 6.53. The van der Waals surface area contributed by atoms with Crippen molar-refractivity contribution in [2.45, 2.75) is 51.0 Å². The Morgan fingerprint density at radius 1 is 0.818 bits per heavy atom. The van der Waals surface area contributed by atoms with E-state index in [1.54, 1.807) is 53.4 Å². The third kappa shape index (κ3) is 6.14. The lowest BCUT2D eigenvalue weighted by atomic mass is 9.92. The zero-order valence-corrected chi connectivity index (χ0v) is 19.4. The Morgan fingerprint density at radius 3 is 2.18 bits per heavy atom. The molecule has 6 nitrogen and oxygen atoms in total. The van der Waals surface area contributed by atoms with Crippen molar-refractivity contribution >= 4 is 35.0 Å². The number of hydrogen-bond acceptors (Lipinski definition) is 3. The SMILES string of the molecule is O=C(Nc1ccc(C(=O)N2CCC[C@@H](C(=O)NC3CCCCC3)C2)cc1)c1ccc(Cl)cc1. The molecule has 33 heavy (non-hydrogen) atoms. The van der Waals surface area contributed by atoms with E-state index < -0.39 is 0 Å². The summed E-state index contributed by atoms with van der Waals surface area (Å²) < 4.78 is 0. The molecule has 4 rings (SSSR count). The van der Waals surface area contributed by atoms with E-state index in [0.29, 0.717) is 34.9 Å². The summed E-state index contributed by atoms with van der Waals surface area (Å²) in [6, 6.07) is 13.8. The Kier molecular flexibility index (Phi) is 7.65. The van der Waals surface area contributed by atoms with Gasteiger partial charge in [0.05, 0.1) is 5.92 Å².